The van der Waals surface area contributed by atoms with Crippen LogP contribution in [0.5, 0.6) is 0 Å². The zero-order valence-corrected chi connectivity index (χ0v) is 16.7. The number of nitrogens with one attached hydrogen (secondary N) is 1. The Labute approximate surface area is 171 Å². The van der Waals surface area contributed by atoms with E-state index in [2.05, 4.69) is 38.1 Å². The molecule has 0 amide bonds. The van der Waals surface area contributed by atoms with Crippen LogP contribution in [0.3, 0.4) is 0 Å². The van der Waals surface area contributed by atoms with E-state index in [1.165, 1.54) is 12.0 Å². The van der Waals surface area contributed by atoms with Gasteiger partial charge in [0.15, 0.2) is 0 Å². The van der Waals surface area contributed by atoms with Crippen LogP contribution in [0.25, 0.3) is 0 Å². The Hall–Kier alpha value is -2.43. The van der Waals surface area contributed by atoms with E-state index in [4.69, 9.17) is 4.98 Å². The molecule has 1 atom stereocenters. The van der Waals surface area contributed by atoms with Crippen molar-refractivity contribution >= 4 is 29.9 Å². The summed E-state index contributed by atoms with van der Waals surface area (Å²) in [6.07, 6.45) is 6.96. The third-order valence-electron chi connectivity index (χ3n) is 6.18. The first-order chi connectivity index (χ1) is 13.2. The monoisotopic (exact) mass is 397 g/mol. The maximum Gasteiger partial charge on any atom is 0.143 e. The fraction of sp³-hybridized carbons (Fsp3) is 0.500. The fourth-order valence-corrected chi connectivity index (χ4v) is 4.70. The van der Waals surface area contributed by atoms with Crippen molar-refractivity contribution < 1.29 is 0 Å². The lowest BCUT2D eigenvalue weighted by atomic mass is 9.66. The Kier molecular flexibility index (Phi) is 4.86. The number of hydrogen-bond donors (Lipinski definition) is 1. The number of nitriles is 1. The van der Waals surface area contributed by atoms with Gasteiger partial charge in [-0.05, 0) is 31.9 Å². The minimum Gasteiger partial charge on any atom is -0.353 e. The molecule has 2 aliphatic heterocycles. The second kappa shape index (κ2) is 7.19. The van der Waals surface area contributed by atoms with E-state index < -0.39 is 0 Å². The van der Waals surface area contributed by atoms with Crippen LogP contribution >= 0.6 is 12.4 Å². The summed E-state index contributed by atoms with van der Waals surface area (Å²) in [5.74, 6) is 2.86. The van der Waals surface area contributed by atoms with Gasteiger partial charge in [-0.25, -0.2) is 15.0 Å². The van der Waals surface area contributed by atoms with Crippen LogP contribution in [-0.4, -0.2) is 47.2 Å². The molecule has 2 aromatic heterocycles. The van der Waals surface area contributed by atoms with Crippen LogP contribution in [0.15, 0.2) is 24.7 Å². The lowest BCUT2D eigenvalue weighted by molar-refractivity contribution is 0.266. The van der Waals surface area contributed by atoms with Crippen molar-refractivity contribution in [3.63, 3.8) is 0 Å². The summed E-state index contributed by atoms with van der Waals surface area (Å²) in [5.41, 5.74) is 2.03. The number of hydrogen-bond acceptors (Lipinski definition) is 7. The van der Waals surface area contributed by atoms with Gasteiger partial charge in [-0.15, -0.1) is 12.4 Å². The molecule has 1 saturated heterocycles. The van der Waals surface area contributed by atoms with E-state index in [0.717, 1.165) is 56.5 Å². The van der Waals surface area contributed by atoms with Crippen LogP contribution in [0.1, 0.15) is 37.3 Å². The van der Waals surface area contributed by atoms with E-state index >= 15 is 0 Å². The highest BCUT2D eigenvalue weighted by molar-refractivity contribution is 5.85. The third kappa shape index (κ3) is 2.88. The molecule has 8 heteroatoms. The molecule has 4 heterocycles. The van der Waals surface area contributed by atoms with Gasteiger partial charge in [-0.3, -0.25) is 0 Å². The quantitative estimate of drug-likeness (QED) is 0.833. The van der Waals surface area contributed by atoms with Crippen molar-refractivity contribution in [2.24, 2.45) is 0 Å². The van der Waals surface area contributed by atoms with Gasteiger partial charge >= 0.3 is 0 Å². The van der Waals surface area contributed by atoms with Gasteiger partial charge in [0.1, 0.15) is 23.8 Å². The summed E-state index contributed by atoms with van der Waals surface area (Å²) < 4.78 is 0. The molecular weight excluding hydrogens is 374 g/mol. The summed E-state index contributed by atoms with van der Waals surface area (Å²) >= 11 is 0. The minimum atomic E-state index is 0. The molecule has 28 heavy (non-hydrogen) atoms. The summed E-state index contributed by atoms with van der Waals surface area (Å²) in [7, 11) is 0. The van der Waals surface area contributed by atoms with Gasteiger partial charge in [0.2, 0.25) is 0 Å². The van der Waals surface area contributed by atoms with Crippen molar-refractivity contribution in [1.29, 1.82) is 5.26 Å². The van der Waals surface area contributed by atoms with Gasteiger partial charge < -0.3 is 15.1 Å². The molecule has 1 spiro atoms. The molecular formula is C20H24ClN7. The van der Waals surface area contributed by atoms with Crippen LogP contribution < -0.4 is 15.1 Å². The van der Waals surface area contributed by atoms with Gasteiger partial charge in [-0.1, -0.05) is 6.42 Å². The average molecular weight is 398 g/mol. The van der Waals surface area contributed by atoms with Crippen molar-refractivity contribution in [1.82, 2.24) is 20.3 Å². The number of pyridine rings is 1. The SMILES string of the molecule is C[C@@H]1CN(c2ncnc3c2C2(CCC2)CN3c2cc(C#N)ccn2)CCN1.Cl. The molecule has 0 unspecified atom stereocenters. The highest BCUT2D eigenvalue weighted by Gasteiger charge is 2.51. The van der Waals surface area contributed by atoms with Gasteiger partial charge in [0.25, 0.3) is 0 Å². The predicted octanol–water partition coefficient (Wildman–Crippen LogP) is 2.54. The molecule has 146 valence electrons. The Morgan fingerprint density at radius 3 is 2.79 bits per heavy atom. The van der Waals surface area contributed by atoms with E-state index in [0.29, 0.717) is 11.6 Å². The molecule has 2 aromatic rings. The summed E-state index contributed by atoms with van der Waals surface area (Å²) in [4.78, 5) is 18.5. The molecule has 1 N–H and O–H groups in total. The molecule has 0 aromatic carbocycles. The highest BCUT2D eigenvalue weighted by atomic mass is 35.5. The van der Waals surface area contributed by atoms with Crippen molar-refractivity contribution in [3.8, 4) is 6.07 Å². The molecule has 0 bridgehead atoms. The standard InChI is InChI=1S/C20H23N7.ClH/c1-14-11-26(8-7-22-14)18-17-19(25-13-24-18)27(12-20(17)4-2-5-20)16-9-15(10-21)3-6-23-16;/h3,6,9,13-14,22H,2,4-5,7-8,11-12H2,1H3;1H/t14-;/m1./s1. The van der Waals surface area contributed by atoms with E-state index in [1.54, 1.807) is 18.6 Å². The first-order valence-electron chi connectivity index (χ1n) is 9.68. The van der Waals surface area contributed by atoms with Crippen LogP contribution in [-0.2, 0) is 5.41 Å². The maximum absolute atomic E-state index is 9.26. The molecule has 3 aliphatic rings. The topological polar surface area (TPSA) is 81.0 Å². The number of aromatic nitrogens is 3. The smallest absolute Gasteiger partial charge is 0.143 e. The van der Waals surface area contributed by atoms with Crippen LogP contribution in [0.4, 0.5) is 17.5 Å². The molecule has 1 saturated carbocycles. The summed E-state index contributed by atoms with van der Waals surface area (Å²) in [6, 6.07) is 6.27. The number of anilines is 3. The molecule has 5 rings (SSSR count). The van der Waals surface area contributed by atoms with E-state index in [1.807, 2.05) is 6.07 Å². The van der Waals surface area contributed by atoms with Crippen LogP contribution in [0, 0.1) is 11.3 Å². The lowest BCUT2D eigenvalue weighted by Gasteiger charge is -2.41. The van der Waals surface area contributed by atoms with Gasteiger partial charge in [0.05, 0.1) is 11.6 Å². The molecule has 7 nitrogen and oxygen atoms in total. The largest absolute Gasteiger partial charge is 0.353 e. The van der Waals surface area contributed by atoms with Crippen LogP contribution in [0.2, 0.25) is 0 Å². The number of fused-ring (bicyclic) bond motifs is 2. The summed E-state index contributed by atoms with van der Waals surface area (Å²) in [5, 5.41) is 12.8. The predicted molar refractivity (Wildman–Crippen MR) is 110 cm³/mol. The highest BCUT2D eigenvalue weighted by Crippen LogP contribution is 2.56. The van der Waals surface area contributed by atoms with E-state index in [-0.39, 0.29) is 17.8 Å². The zero-order valence-electron chi connectivity index (χ0n) is 15.9. The molecule has 0 radical (unpaired) electrons. The summed E-state index contributed by atoms with van der Waals surface area (Å²) in [6.45, 7) is 5.99. The second-order valence-electron chi connectivity index (χ2n) is 7.93. The third-order valence-corrected chi connectivity index (χ3v) is 6.18. The first kappa shape index (κ1) is 18.9. The maximum atomic E-state index is 9.26. The van der Waals surface area contributed by atoms with Gasteiger partial charge in [-0.2, -0.15) is 5.26 Å². The Balaban J connectivity index is 0.00000192. The number of halogens is 1. The second-order valence-corrected chi connectivity index (χ2v) is 7.93. The fourth-order valence-electron chi connectivity index (χ4n) is 4.70. The van der Waals surface area contributed by atoms with E-state index in [9.17, 15) is 5.26 Å². The zero-order chi connectivity index (χ0) is 18.4. The first-order valence-corrected chi connectivity index (χ1v) is 9.68. The Morgan fingerprint density at radius 2 is 2.07 bits per heavy atom. The Bertz CT molecular complexity index is 921. The number of piperazine rings is 1. The van der Waals surface area contributed by atoms with Crippen molar-refractivity contribution in [2.75, 3.05) is 36.0 Å². The molecule has 2 fully saturated rings. The van der Waals surface area contributed by atoms with Crippen molar-refractivity contribution in [2.45, 2.75) is 37.6 Å². The van der Waals surface area contributed by atoms with Crippen molar-refractivity contribution in [3.05, 3.63) is 35.8 Å². The average Bonchev–Trinajstić information content (AvgIpc) is 3.04. The number of nitrogens with zero attached hydrogens (tertiary/aromatic N) is 6. The van der Waals surface area contributed by atoms with Gasteiger partial charge in [0, 0.05) is 49.4 Å². The Morgan fingerprint density at radius 1 is 1.25 bits per heavy atom. The minimum absolute atomic E-state index is 0. The molecule has 1 aliphatic carbocycles. The normalized spacial score (nSPS) is 22.2. The lowest BCUT2D eigenvalue weighted by Crippen LogP contribution is -2.50. The number of rotatable bonds is 2.